The second kappa shape index (κ2) is 6.15. The van der Waals surface area contributed by atoms with Crippen LogP contribution in [0.3, 0.4) is 0 Å². The van der Waals surface area contributed by atoms with E-state index >= 15 is 0 Å². The Morgan fingerprint density at radius 3 is 2.76 bits per heavy atom. The van der Waals surface area contributed by atoms with Gasteiger partial charge in [0.05, 0.1) is 0 Å². The molecule has 1 saturated heterocycles. The number of likely N-dealkylation sites (tertiary alicyclic amines) is 1. The molecular weight excluding hydrogens is 309 g/mol. The molecule has 0 bridgehead atoms. The van der Waals surface area contributed by atoms with Crippen LogP contribution in [-0.4, -0.2) is 28.1 Å². The van der Waals surface area contributed by atoms with Crippen LogP contribution in [0, 0.1) is 5.92 Å². The van der Waals surface area contributed by atoms with Gasteiger partial charge in [0, 0.05) is 22.6 Å². The molecular formula is C16H19Cl2NO2. The average molecular weight is 328 g/mol. The summed E-state index contributed by atoms with van der Waals surface area (Å²) in [6, 6.07) is 5.44. The van der Waals surface area contributed by atoms with Crippen LogP contribution in [0.4, 0.5) is 0 Å². The lowest BCUT2D eigenvalue weighted by atomic mass is 9.84. The summed E-state index contributed by atoms with van der Waals surface area (Å²) in [7, 11) is 0. The molecule has 21 heavy (non-hydrogen) atoms. The van der Waals surface area contributed by atoms with Crippen LogP contribution in [0.15, 0.2) is 18.2 Å². The molecule has 1 aromatic carbocycles. The summed E-state index contributed by atoms with van der Waals surface area (Å²) in [5, 5.41) is 10.7. The van der Waals surface area contributed by atoms with Gasteiger partial charge in [0.2, 0.25) is 0 Å². The topological polar surface area (TPSA) is 40.5 Å². The molecule has 1 aliphatic heterocycles. The first-order valence-electron chi connectivity index (χ1n) is 7.48. The van der Waals surface area contributed by atoms with Crippen LogP contribution < -0.4 is 0 Å². The van der Waals surface area contributed by atoms with E-state index < -0.39 is 5.97 Å². The van der Waals surface area contributed by atoms with Crippen LogP contribution in [0.2, 0.25) is 10.0 Å². The first kappa shape index (κ1) is 15.1. The Bertz CT molecular complexity index is 549. The lowest BCUT2D eigenvalue weighted by molar-refractivity contribution is -0.142. The zero-order chi connectivity index (χ0) is 15.0. The lowest BCUT2D eigenvalue weighted by Gasteiger charge is -2.33. The molecule has 3 atom stereocenters. The van der Waals surface area contributed by atoms with Crippen LogP contribution >= 0.6 is 23.2 Å². The highest BCUT2D eigenvalue weighted by atomic mass is 35.5. The minimum absolute atomic E-state index is 0.381. The number of hydrogen-bond acceptors (Lipinski definition) is 2. The van der Waals surface area contributed by atoms with Gasteiger partial charge in [0.1, 0.15) is 6.04 Å². The highest BCUT2D eigenvalue weighted by Gasteiger charge is 2.45. The molecule has 3 rings (SSSR count). The van der Waals surface area contributed by atoms with Crippen molar-refractivity contribution in [2.75, 3.05) is 0 Å². The third-order valence-electron chi connectivity index (χ3n) is 4.87. The zero-order valence-electron chi connectivity index (χ0n) is 11.8. The van der Waals surface area contributed by atoms with E-state index in [9.17, 15) is 9.90 Å². The fourth-order valence-electron chi connectivity index (χ4n) is 3.87. The number of benzene rings is 1. The van der Waals surface area contributed by atoms with Gasteiger partial charge in [-0.3, -0.25) is 9.69 Å². The Hall–Kier alpha value is -0.770. The number of halogens is 2. The molecule has 5 heteroatoms. The van der Waals surface area contributed by atoms with E-state index in [1.807, 2.05) is 12.1 Å². The highest BCUT2D eigenvalue weighted by Crippen LogP contribution is 2.41. The van der Waals surface area contributed by atoms with Crippen molar-refractivity contribution in [1.82, 2.24) is 4.90 Å². The Balaban J connectivity index is 1.84. The number of carboxylic acid groups (broad SMARTS) is 1. The third-order valence-corrected chi connectivity index (χ3v) is 5.46. The van der Waals surface area contributed by atoms with Crippen molar-refractivity contribution in [1.29, 1.82) is 0 Å². The van der Waals surface area contributed by atoms with Gasteiger partial charge >= 0.3 is 5.97 Å². The molecule has 3 nitrogen and oxygen atoms in total. The molecule has 1 aromatic rings. The van der Waals surface area contributed by atoms with E-state index in [2.05, 4.69) is 4.90 Å². The van der Waals surface area contributed by atoms with E-state index in [1.165, 1.54) is 12.8 Å². The number of hydrogen-bond donors (Lipinski definition) is 1. The van der Waals surface area contributed by atoms with Gasteiger partial charge in [-0.25, -0.2) is 0 Å². The second-order valence-electron chi connectivity index (χ2n) is 6.11. The Labute approximate surface area is 134 Å². The predicted octanol–water partition coefficient (Wildman–Crippen LogP) is 4.21. The van der Waals surface area contributed by atoms with Gasteiger partial charge in [-0.1, -0.05) is 42.1 Å². The van der Waals surface area contributed by atoms with Gasteiger partial charge in [-0.15, -0.1) is 0 Å². The largest absolute Gasteiger partial charge is 0.480 e. The second-order valence-corrected chi connectivity index (χ2v) is 6.95. The molecule has 0 radical (unpaired) electrons. The van der Waals surface area contributed by atoms with Crippen molar-refractivity contribution >= 4 is 29.2 Å². The van der Waals surface area contributed by atoms with Gasteiger partial charge in [-0.2, -0.15) is 0 Å². The number of carbonyl (C=O) groups is 1. The van der Waals surface area contributed by atoms with E-state index in [4.69, 9.17) is 23.2 Å². The summed E-state index contributed by atoms with van der Waals surface area (Å²) < 4.78 is 0. The highest BCUT2D eigenvalue weighted by molar-refractivity contribution is 6.35. The maximum absolute atomic E-state index is 11.6. The fraction of sp³-hybridized carbons (Fsp3) is 0.562. The number of nitrogens with zero attached hydrogens (tertiary/aromatic N) is 1. The molecule has 0 aromatic heterocycles. The number of aliphatic carboxylic acids is 1. The summed E-state index contributed by atoms with van der Waals surface area (Å²) in [5.74, 6) is -0.194. The smallest absolute Gasteiger partial charge is 0.320 e. The molecule has 1 heterocycles. The van der Waals surface area contributed by atoms with Crippen molar-refractivity contribution in [3.05, 3.63) is 33.8 Å². The van der Waals surface area contributed by atoms with Crippen molar-refractivity contribution in [3.63, 3.8) is 0 Å². The molecule has 3 unspecified atom stereocenters. The predicted molar refractivity (Wildman–Crippen MR) is 83.8 cm³/mol. The van der Waals surface area contributed by atoms with Gasteiger partial charge in [-0.05, 0) is 42.9 Å². The Morgan fingerprint density at radius 1 is 1.29 bits per heavy atom. The van der Waals surface area contributed by atoms with Crippen molar-refractivity contribution in [2.45, 2.75) is 50.7 Å². The fourth-order valence-corrected chi connectivity index (χ4v) is 4.34. The van der Waals surface area contributed by atoms with E-state index in [0.717, 1.165) is 24.8 Å². The number of carboxylic acids is 1. The molecule has 2 fully saturated rings. The maximum Gasteiger partial charge on any atom is 0.320 e. The van der Waals surface area contributed by atoms with Gasteiger partial charge in [0.15, 0.2) is 0 Å². The van der Waals surface area contributed by atoms with E-state index in [1.54, 1.807) is 6.07 Å². The van der Waals surface area contributed by atoms with Crippen LogP contribution in [0.25, 0.3) is 0 Å². The molecule has 1 saturated carbocycles. The molecule has 1 N–H and O–H groups in total. The SMILES string of the molecule is O=C(O)C1CC2CCCCC2N1Cc1ccc(Cl)cc1Cl. The van der Waals surface area contributed by atoms with Crippen molar-refractivity contribution < 1.29 is 9.90 Å². The lowest BCUT2D eigenvalue weighted by Crippen LogP contribution is -2.41. The molecule has 2 aliphatic rings. The summed E-state index contributed by atoms with van der Waals surface area (Å²) in [4.78, 5) is 13.7. The van der Waals surface area contributed by atoms with Crippen LogP contribution in [-0.2, 0) is 11.3 Å². The van der Waals surface area contributed by atoms with Crippen LogP contribution in [0.5, 0.6) is 0 Å². The molecule has 114 valence electrons. The monoisotopic (exact) mass is 327 g/mol. The first-order chi connectivity index (χ1) is 10.1. The summed E-state index contributed by atoms with van der Waals surface area (Å²) >= 11 is 12.2. The van der Waals surface area contributed by atoms with E-state index in [-0.39, 0.29) is 6.04 Å². The third kappa shape index (κ3) is 3.05. The van der Waals surface area contributed by atoms with Gasteiger partial charge < -0.3 is 5.11 Å². The molecule has 0 amide bonds. The van der Waals surface area contributed by atoms with Crippen molar-refractivity contribution in [2.24, 2.45) is 5.92 Å². The quantitative estimate of drug-likeness (QED) is 0.903. The Morgan fingerprint density at radius 2 is 2.05 bits per heavy atom. The minimum atomic E-state index is -0.713. The average Bonchev–Trinajstić information content (AvgIpc) is 2.81. The zero-order valence-corrected chi connectivity index (χ0v) is 13.3. The summed E-state index contributed by atoms with van der Waals surface area (Å²) in [5.41, 5.74) is 0.957. The maximum atomic E-state index is 11.6. The number of fused-ring (bicyclic) bond motifs is 1. The van der Waals surface area contributed by atoms with Crippen molar-refractivity contribution in [3.8, 4) is 0 Å². The molecule has 1 aliphatic carbocycles. The van der Waals surface area contributed by atoms with E-state index in [0.29, 0.717) is 28.5 Å². The standard InChI is InChI=1S/C16H19Cl2NO2/c17-12-6-5-11(13(18)8-12)9-19-14-4-2-1-3-10(14)7-15(19)16(20)21/h5-6,8,10,14-15H,1-4,7,9H2,(H,20,21). The summed E-state index contributed by atoms with van der Waals surface area (Å²) in [6.07, 6.45) is 5.44. The number of rotatable bonds is 3. The normalized spacial score (nSPS) is 29.3. The molecule has 0 spiro atoms. The first-order valence-corrected chi connectivity index (χ1v) is 8.24. The van der Waals surface area contributed by atoms with Gasteiger partial charge in [0.25, 0.3) is 0 Å². The van der Waals surface area contributed by atoms with Crippen LogP contribution in [0.1, 0.15) is 37.7 Å². The Kier molecular flexibility index (Phi) is 4.43. The summed E-state index contributed by atoms with van der Waals surface area (Å²) in [6.45, 7) is 0.591. The minimum Gasteiger partial charge on any atom is -0.480 e.